The quantitative estimate of drug-likeness (QED) is 0.818. The first kappa shape index (κ1) is 14.7. The molecule has 0 spiro atoms. The van der Waals surface area contributed by atoms with E-state index in [1.165, 1.54) is 6.26 Å². The molecular weight excluding hydrogens is 252 g/mol. The Kier molecular flexibility index (Phi) is 5.34. The molecule has 5 heteroatoms. The highest BCUT2D eigenvalue weighted by molar-refractivity contribution is 7.90. The van der Waals surface area contributed by atoms with Crippen LogP contribution in [0.3, 0.4) is 0 Å². The molecule has 1 rings (SSSR count). The Labute approximate surface area is 108 Å². The molecule has 1 aromatic carbocycles. The maximum atomic E-state index is 11.0. The lowest BCUT2D eigenvalue weighted by Gasteiger charge is -2.03. The average Bonchev–Trinajstić information content (AvgIpc) is 2.26. The predicted molar refractivity (Wildman–Crippen MR) is 70.4 cm³/mol. The number of carbonyl (C=O) groups is 1. The van der Waals surface area contributed by atoms with Gasteiger partial charge in [-0.25, -0.2) is 8.42 Å². The van der Waals surface area contributed by atoms with Crippen molar-refractivity contribution in [2.45, 2.75) is 25.7 Å². The molecule has 0 fully saturated rings. The SMILES string of the molecule is CS(=O)(=O)CCc1ccc(CCCC(=O)O)cc1. The van der Waals surface area contributed by atoms with Gasteiger partial charge in [-0.05, 0) is 30.4 Å². The maximum Gasteiger partial charge on any atom is 0.303 e. The third-order valence-corrected chi connectivity index (χ3v) is 3.59. The van der Waals surface area contributed by atoms with Gasteiger partial charge < -0.3 is 5.11 Å². The predicted octanol–water partition coefficient (Wildman–Crippen LogP) is 1.68. The standard InChI is InChI=1S/C13H18O4S/c1-18(16,17)10-9-12-7-5-11(6-8-12)3-2-4-13(14)15/h5-8H,2-4,9-10H2,1H3,(H,14,15). The van der Waals surface area contributed by atoms with Crippen molar-refractivity contribution in [2.75, 3.05) is 12.0 Å². The molecule has 4 nitrogen and oxygen atoms in total. The summed E-state index contributed by atoms with van der Waals surface area (Å²) in [6, 6.07) is 7.67. The van der Waals surface area contributed by atoms with E-state index >= 15 is 0 Å². The summed E-state index contributed by atoms with van der Waals surface area (Å²) in [6.45, 7) is 0. The normalized spacial score (nSPS) is 11.4. The first-order chi connectivity index (χ1) is 8.37. The van der Waals surface area contributed by atoms with E-state index in [1.807, 2.05) is 24.3 Å². The zero-order valence-electron chi connectivity index (χ0n) is 10.4. The van der Waals surface area contributed by atoms with E-state index in [9.17, 15) is 13.2 Å². The van der Waals surface area contributed by atoms with Crippen LogP contribution in [0.4, 0.5) is 0 Å². The maximum absolute atomic E-state index is 11.0. The molecule has 0 saturated carbocycles. The molecule has 1 aromatic rings. The zero-order valence-corrected chi connectivity index (χ0v) is 11.2. The lowest BCUT2D eigenvalue weighted by molar-refractivity contribution is -0.137. The highest BCUT2D eigenvalue weighted by Gasteiger charge is 2.03. The third-order valence-electron chi connectivity index (χ3n) is 2.64. The molecule has 0 saturated heterocycles. The largest absolute Gasteiger partial charge is 0.481 e. The van der Waals surface area contributed by atoms with Gasteiger partial charge in [0.25, 0.3) is 0 Å². The van der Waals surface area contributed by atoms with Crippen molar-refractivity contribution in [3.05, 3.63) is 35.4 Å². The van der Waals surface area contributed by atoms with Crippen LogP contribution in [0.1, 0.15) is 24.0 Å². The number of rotatable bonds is 7. The van der Waals surface area contributed by atoms with Crippen molar-refractivity contribution in [1.82, 2.24) is 0 Å². The van der Waals surface area contributed by atoms with E-state index in [4.69, 9.17) is 5.11 Å². The number of carboxylic acids is 1. The van der Waals surface area contributed by atoms with Gasteiger partial charge in [0.2, 0.25) is 0 Å². The Balaban J connectivity index is 2.45. The smallest absolute Gasteiger partial charge is 0.303 e. The third kappa shape index (κ3) is 6.39. The number of aryl methyl sites for hydroxylation is 2. The summed E-state index contributed by atoms with van der Waals surface area (Å²) in [5, 5.41) is 8.52. The van der Waals surface area contributed by atoms with E-state index in [1.54, 1.807) is 0 Å². The highest BCUT2D eigenvalue weighted by Crippen LogP contribution is 2.09. The van der Waals surface area contributed by atoms with Crippen LogP contribution in [-0.2, 0) is 27.5 Å². The lowest BCUT2D eigenvalue weighted by atomic mass is 10.1. The van der Waals surface area contributed by atoms with E-state index in [-0.39, 0.29) is 12.2 Å². The lowest BCUT2D eigenvalue weighted by Crippen LogP contribution is -2.05. The summed E-state index contributed by atoms with van der Waals surface area (Å²) in [6.07, 6.45) is 3.29. The van der Waals surface area contributed by atoms with Crippen molar-refractivity contribution in [3.63, 3.8) is 0 Å². The van der Waals surface area contributed by atoms with E-state index in [0.717, 1.165) is 17.5 Å². The summed E-state index contributed by atoms with van der Waals surface area (Å²) in [4.78, 5) is 10.4. The number of hydrogen-bond acceptors (Lipinski definition) is 3. The van der Waals surface area contributed by atoms with E-state index < -0.39 is 15.8 Å². The minimum atomic E-state index is -2.92. The Bertz CT molecular complexity index is 488. The minimum absolute atomic E-state index is 0.158. The second kappa shape index (κ2) is 6.54. The van der Waals surface area contributed by atoms with Gasteiger partial charge in [-0.2, -0.15) is 0 Å². The molecule has 0 heterocycles. The van der Waals surface area contributed by atoms with Crippen LogP contribution in [-0.4, -0.2) is 31.5 Å². The molecule has 0 radical (unpaired) electrons. The number of carboxylic acid groups (broad SMARTS) is 1. The van der Waals surface area contributed by atoms with Crippen molar-refractivity contribution < 1.29 is 18.3 Å². The first-order valence-corrected chi connectivity index (χ1v) is 7.90. The van der Waals surface area contributed by atoms with Crippen molar-refractivity contribution in [2.24, 2.45) is 0 Å². The molecule has 0 unspecified atom stereocenters. The Hall–Kier alpha value is -1.36. The molecule has 0 bridgehead atoms. The Morgan fingerprint density at radius 1 is 1.11 bits per heavy atom. The number of benzene rings is 1. The van der Waals surface area contributed by atoms with E-state index in [0.29, 0.717) is 12.8 Å². The van der Waals surface area contributed by atoms with Crippen LogP contribution >= 0.6 is 0 Å². The summed E-state index contributed by atoms with van der Waals surface area (Å²) in [5.41, 5.74) is 2.07. The van der Waals surface area contributed by atoms with Crippen molar-refractivity contribution in [3.8, 4) is 0 Å². The minimum Gasteiger partial charge on any atom is -0.481 e. The molecule has 0 aliphatic rings. The molecule has 18 heavy (non-hydrogen) atoms. The van der Waals surface area contributed by atoms with Crippen molar-refractivity contribution >= 4 is 15.8 Å². The number of sulfone groups is 1. The number of hydrogen-bond donors (Lipinski definition) is 1. The van der Waals surface area contributed by atoms with Crippen LogP contribution in [0, 0.1) is 0 Å². The molecule has 0 aromatic heterocycles. The van der Waals surface area contributed by atoms with Gasteiger partial charge >= 0.3 is 5.97 Å². The molecule has 100 valence electrons. The number of aliphatic carboxylic acids is 1. The van der Waals surface area contributed by atoms with Gasteiger partial charge in [-0.15, -0.1) is 0 Å². The van der Waals surface area contributed by atoms with Crippen molar-refractivity contribution in [1.29, 1.82) is 0 Å². The second-order valence-electron chi connectivity index (χ2n) is 4.44. The summed E-state index contributed by atoms with van der Waals surface area (Å²) in [7, 11) is -2.92. The monoisotopic (exact) mass is 270 g/mol. The topological polar surface area (TPSA) is 71.4 Å². The molecule has 0 amide bonds. The van der Waals surface area contributed by atoms with Gasteiger partial charge in [-0.3, -0.25) is 4.79 Å². The summed E-state index contributed by atoms with van der Waals surface area (Å²) < 4.78 is 22.0. The van der Waals surface area contributed by atoms with Gasteiger partial charge in [0.1, 0.15) is 9.84 Å². The van der Waals surface area contributed by atoms with Gasteiger partial charge in [-0.1, -0.05) is 24.3 Å². The summed E-state index contributed by atoms with van der Waals surface area (Å²) in [5.74, 6) is -0.620. The van der Waals surface area contributed by atoms with Gasteiger partial charge in [0.15, 0.2) is 0 Å². The van der Waals surface area contributed by atoms with E-state index in [2.05, 4.69) is 0 Å². The fraction of sp³-hybridized carbons (Fsp3) is 0.462. The molecule has 0 aliphatic heterocycles. The fourth-order valence-electron chi connectivity index (χ4n) is 1.62. The first-order valence-electron chi connectivity index (χ1n) is 5.84. The highest BCUT2D eigenvalue weighted by atomic mass is 32.2. The van der Waals surface area contributed by atoms with Gasteiger partial charge in [0.05, 0.1) is 5.75 Å². The van der Waals surface area contributed by atoms with Crippen LogP contribution in [0.25, 0.3) is 0 Å². The Morgan fingerprint density at radius 2 is 1.61 bits per heavy atom. The molecule has 0 aliphatic carbocycles. The van der Waals surface area contributed by atoms with Gasteiger partial charge in [0, 0.05) is 12.7 Å². The van der Waals surface area contributed by atoms with Crippen LogP contribution < -0.4 is 0 Å². The zero-order chi connectivity index (χ0) is 13.6. The second-order valence-corrected chi connectivity index (χ2v) is 6.70. The van der Waals surface area contributed by atoms with Crippen LogP contribution in [0.15, 0.2) is 24.3 Å². The van der Waals surface area contributed by atoms with Crippen LogP contribution in [0.2, 0.25) is 0 Å². The molecule has 0 atom stereocenters. The average molecular weight is 270 g/mol. The van der Waals surface area contributed by atoms with Crippen LogP contribution in [0.5, 0.6) is 0 Å². The summed E-state index contributed by atoms with van der Waals surface area (Å²) >= 11 is 0. The fourth-order valence-corrected chi connectivity index (χ4v) is 2.23. The molecule has 1 N–H and O–H groups in total. The Morgan fingerprint density at radius 3 is 2.06 bits per heavy atom. The molecular formula is C13H18O4S.